The van der Waals surface area contributed by atoms with Crippen molar-refractivity contribution in [3.63, 3.8) is 0 Å². The van der Waals surface area contributed by atoms with E-state index in [1.807, 2.05) is 25.1 Å². The van der Waals surface area contributed by atoms with Crippen LogP contribution in [0, 0.1) is 6.92 Å². The van der Waals surface area contributed by atoms with Crippen LogP contribution < -0.4 is 20.2 Å². The van der Waals surface area contributed by atoms with Gasteiger partial charge in [0.15, 0.2) is 17.3 Å². The van der Waals surface area contributed by atoms with Gasteiger partial charge in [-0.05, 0) is 61.7 Å². The Morgan fingerprint density at radius 2 is 1.82 bits per heavy atom. The third-order valence-electron chi connectivity index (χ3n) is 5.82. The van der Waals surface area contributed by atoms with E-state index in [1.54, 1.807) is 24.3 Å². The van der Waals surface area contributed by atoms with Crippen LogP contribution in [0.15, 0.2) is 52.0 Å². The molecule has 8 nitrogen and oxygen atoms in total. The van der Waals surface area contributed by atoms with Crippen LogP contribution in [-0.4, -0.2) is 24.3 Å². The van der Waals surface area contributed by atoms with Crippen LogP contribution in [0.3, 0.4) is 0 Å². The van der Waals surface area contributed by atoms with Gasteiger partial charge in [-0.25, -0.2) is 5.43 Å². The van der Waals surface area contributed by atoms with Gasteiger partial charge in [-0.1, -0.05) is 17.7 Å². The van der Waals surface area contributed by atoms with E-state index in [2.05, 4.69) is 15.8 Å². The van der Waals surface area contributed by atoms with Crippen molar-refractivity contribution in [2.45, 2.75) is 32.7 Å². The molecule has 3 aromatic rings. The van der Waals surface area contributed by atoms with Gasteiger partial charge in [0.25, 0.3) is 11.8 Å². The Bertz CT molecular complexity index is 1300. The van der Waals surface area contributed by atoms with E-state index >= 15 is 0 Å². The Kier molecular flexibility index (Phi) is 5.98. The summed E-state index contributed by atoms with van der Waals surface area (Å²) >= 11 is 5.88. The molecule has 2 heterocycles. The molecule has 0 fully saturated rings. The van der Waals surface area contributed by atoms with Crippen LogP contribution in [0.4, 0.5) is 0 Å². The molecule has 2 aromatic carbocycles. The lowest BCUT2D eigenvalue weighted by Crippen LogP contribution is -2.23. The number of carbonyl (C=O) groups is 2. The lowest BCUT2D eigenvalue weighted by atomic mass is 9.93. The lowest BCUT2D eigenvalue weighted by Gasteiger charge is -2.13. The average Bonchev–Trinajstić information content (AvgIpc) is 3.45. The SMILES string of the molecule is Cc1c(C(=O)NCc2ccc3c(c2)OCO3)oc2c1/C(=N/NC(=O)c1ccc(Cl)cc1)CCC2. The van der Waals surface area contributed by atoms with Gasteiger partial charge in [0, 0.05) is 34.7 Å². The monoisotopic (exact) mass is 479 g/mol. The van der Waals surface area contributed by atoms with E-state index in [0.29, 0.717) is 58.5 Å². The molecule has 2 aliphatic rings. The average molecular weight is 480 g/mol. The summed E-state index contributed by atoms with van der Waals surface area (Å²) < 4.78 is 16.6. The largest absolute Gasteiger partial charge is 0.455 e. The van der Waals surface area contributed by atoms with Crippen molar-refractivity contribution in [1.82, 2.24) is 10.7 Å². The number of nitrogens with zero attached hydrogens (tertiary/aromatic N) is 1. The van der Waals surface area contributed by atoms with Crippen molar-refractivity contribution >= 4 is 29.1 Å². The summed E-state index contributed by atoms with van der Waals surface area (Å²) in [5, 5.41) is 7.80. The normalized spacial score (nSPS) is 15.2. The van der Waals surface area contributed by atoms with Gasteiger partial charge in [-0.2, -0.15) is 5.10 Å². The number of nitrogens with one attached hydrogen (secondary N) is 2. The summed E-state index contributed by atoms with van der Waals surface area (Å²) in [7, 11) is 0. The van der Waals surface area contributed by atoms with Gasteiger partial charge >= 0.3 is 0 Å². The number of rotatable bonds is 5. The number of aryl methyl sites for hydroxylation is 1. The number of fused-ring (bicyclic) bond motifs is 2. The highest BCUT2D eigenvalue weighted by molar-refractivity contribution is 6.30. The number of halogens is 1. The first-order chi connectivity index (χ1) is 16.5. The molecule has 2 N–H and O–H groups in total. The molecule has 0 spiro atoms. The summed E-state index contributed by atoms with van der Waals surface area (Å²) in [5.74, 6) is 1.67. The molecule has 2 amide bonds. The number of benzene rings is 2. The third kappa shape index (κ3) is 4.36. The second-order valence-electron chi connectivity index (χ2n) is 8.08. The van der Waals surface area contributed by atoms with Gasteiger partial charge < -0.3 is 19.2 Å². The number of carbonyl (C=O) groups excluding carboxylic acids is 2. The molecule has 5 rings (SSSR count). The van der Waals surface area contributed by atoms with Crippen molar-refractivity contribution in [3.8, 4) is 11.5 Å². The summed E-state index contributed by atoms with van der Waals surface area (Å²) in [5.41, 5.74) is 6.13. The Morgan fingerprint density at radius 3 is 2.65 bits per heavy atom. The molecule has 1 aliphatic heterocycles. The topological polar surface area (TPSA) is 102 Å². The van der Waals surface area contributed by atoms with Crippen LogP contribution in [0.2, 0.25) is 5.02 Å². The first-order valence-corrected chi connectivity index (χ1v) is 11.3. The molecule has 0 saturated carbocycles. The lowest BCUT2D eigenvalue weighted by molar-refractivity contribution is 0.0919. The zero-order valence-electron chi connectivity index (χ0n) is 18.4. The summed E-state index contributed by atoms with van der Waals surface area (Å²) in [6, 6.07) is 12.1. The Morgan fingerprint density at radius 1 is 1.03 bits per heavy atom. The fraction of sp³-hybridized carbons (Fsp3) is 0.240. The predicted molar refractivity (Wildman–Crippen MR) is 126 cm³/mol. The van der Waals surface area contributed by atoms with Crippen molar-refractivity contribution < 1.29 is 23.5 Å². The van der Waals surface area contributed by atoms with Crippen LogP contribution >= 0.6 is 11.6 Å². The van der Waals surface area contributed by atoms with E-state index in [9.17, 15) is 9.59 Å². The van der Waals surface area contributed by atoms with Gasteiger partial charge in [0.1, 0.15) is 5.76 Å². The summed E-state index contributed by atoms with van der Waals surface area (Å²) in [6.07, 6.45) is 2.19. The molecular weight excluding hydrogens is 458 g/mol. The molecule has 0 radical (unpaired) electrons. The minimum absolute atomic E-state index is 0.201. The molecule has 9 heteroatoms. The molecule has 0 atom stereocenters. The van der Waals surface area contributed by atoms with Crippen LogP contribution in [0.1, 0.15) is 56.2 Å². The number of hydrogen-bond donors (Lipinski definition) is 2. The van der Waals surface area contributed by atoms with Crippen molar-refractivity contribution in [3.05, 3.63) is 81.3 Å². The zero-order chi connectivity index (χ0) is 23.7. The highest BCUT2D eigenvalue weighted by Gasteiger charge is 2.28. The maximum Gasteiger partial charge on any atom is 0.287 e. The Hall–Kier alpha value is -3.78. The minimum Gasteiger partial charge on any atom is -0.455 e. The van der Waals surface area contributed by atoms with Gasteiger partial charge in [-0.15, -0.1) is 0 Å². The number of amides is 2. The molecule has 0 saturated heterocycles. The molecule has 1 aromatic heterocycles. The number of hydrogen-bond acceptors (Lipinski definition) is 6. The van der Waals surface area contributed by atoms with Crippen molar-refractivity contribution in [2.24, 2.45) is 5.10 Å². The van der Waals surface area contributed by atoms with E-state index in [0.717, 1.165) is 17.5 Å². The molecular formula is C25H22ClN3O5. The van der Waals surface area contributed by atoms with Gasteiger partial charge in [0.05, 0.1) is 5.71 Å². The maximum absolute atomic E-state index is 12.9. The first-order valence-electron chi connectivity index (χ1n) is 10.9. The highest BCUT2D eigenvalue weighted by atomic mass is 35.5. The fourth-order valence-electron chi connectivity index (χ4n) is 4.09. The first kappa shape index (κ1) is 22.0. The number of hydrazone groups is 1. The maximum atomic E-state index is 12.9. The van der Waals surface area contributed by atoms with Gasteiger partial charge in [-0.3, -0.25) is 9.59 Å². The van der Waals surface area contributed by atoms with Crippen molar-refractivity contribution in [2.75, 3.05) is 6.79 Å². The zero-order valence-corrected chi connectivity index (χ0v) is 19.2. The molecule has 34 heavy (non-hydrogen) atoms. The standard InChI is InChI=1S/C25H22ClN3O5/c1-14-22-18(28-29-24(30)16-6-8-17(26)9-7-16)3-2-4-20(22)34-23(14)25(31)27-12-15-5-10-19-21(11-15)33-13-32-19/h5-11H,2-4,12-13H2,1H3,(H,27,31)(H,29,30)/b28-18+. The molecule has 0 bridgehead atoms. The summed E-state index contributed by atoms with van der Waals surface area (Å²) in [6.45, 7) is 2.35. The molecule has 0 unspecified atom stereocenters. The smallest absolute Gasteiger partial charge is 0.287 e. The quantitative estimate of drug-likeness (QED) is 0.529. The highest BCUT2D eigenvalue weighted by Crippen LogP contribution is 2.33. The second-order valence-corrected chi connectivity index (χ2v) is 8.52. The van der Waals surface area contributed by atoms with Crippen LogP contribution in [-0.2, 0) is 13.0 Å². The predicted octanol–water partition coefficient (Wildman–Crippen LogP) is 4.37. The van der Waals surface area contributed by atoms with E-state index < -0.39 is 0 Å². The Labute approximate surface area is 200 Å². The van der Waals surface area contributed by atoms with Crippen molar-refractivity contribution in [1.29, 1.82) is 0 Å². The number of furan rings is 1. The van der Waals surface area contributed by atoms with Crippen LogP contribution in [0.5, 0.6) is 11.5 Å². The summed E-state index contributed by atoms with van der Waals surface area (Å²) in [4.78, 5) is 25.3. The van der Waals surface area contributed by atoms with Crippen LogP contribution in [0.25, 0.3) is 0 Å². The minimum atomic E-state index is -0.334. The van der Waals surface area contributed by atoms with E-state index in [4.69, 9.17) is 25.5 Å². The number of ether oxygens (including phenoxy) is 2. The van der Waals surface area contributed by atoms with E-state index in [-0.39, 0.29) is 24.4 Å². The third-order valence-corrected chi connectivity index (χ3v) is 6.07. The Balaban J connectivity index is 1.30. The van der Waals surface area contributed by atoms with E-state index in [1.165, 1.54) is 0 Å². The van der Waals surface area contributed by atoms with Gasteiger partial charge in [0.2, 0.25) is 6.79 Å². The molecule has 174 valence electrons. The second kappa shape index (κ2) is 9.23. The fourth-order valence-corrected chi connectivity index (χ4v) is 4.22. The molecule has 1 aliphatic carbocycles.